The van der Waals surface area contributed by atoms with E-state index in [1.165, 1.54) is 26.0 Å². The lowest BCUT2D eigenvalue weighted by molar-refractivity contribution is -0.128. The molecule has 0 aromatic heterocycles. The SMILES string of the molecule is CC1(C)OC(=O)c2c(OCC(F)F)ccc(O)c2O1. The van der Waals surface area contributed by atoms with Gasteiger partial charge in [-0.2, -0.15) is 0 Å². The number of phenols is 1. The van der Waals surface area contributed by atoms with Gasteiger partial charge in [0.15, 0.2) is 11.5 Å². The summed E-state index contributed by atoms with van der Waals surface area (Å²) in [7, 11) is 0. The number of alkyl halides is 2. The number of carbonyl (C=O) groups excluding carboxylic acids is 1. The van der Waals surface area contributed by atoms with E-state index in [4.69, 9.17) is 14.2 Å². The summed E-state index contributed by atoms with van der Waals surface area (Å²) in [6.07, 6.45) is -2.68. The van der Waals surface area contributed by atoms with Crippen LogP contribution in [0.25, 0.3) is 0 Å². The summed E-state index contributed by atoms with van der Waals surface area (Å²) in [6.45, 7) is 2.10. The van der Waals surface area contributed by atoms with Crippen molar-refractivity contribution in [1.82, 2.24) is 0 Å². The fourth-order valence-corrected chi connectivity index (χ4v) is 1.66. The number of phenolic OH excluding ortho intramolecular Hbond substituents is 1. The highest BCUT2D eigenvalue weighted by atomic mass is 19.3. The lowest BCUT2D eigenvalue weighted by atomic mass is 10.1. The normalized spacial score (nSPS) is 16.6. The zero-order valence-electron chi connectivity index (χ0n) is 10.3. The Kier molecular flexibility index (Phi) is 3.21. The van der Waals surface area contributed by atoms with Crippen LogP contribution in [-0.2, 0) is 4.74 Å². The zero-order valence-corrected chi connectivity index (χ0v) is 10.3. The Morgan fingerprint density at radius 1 is 1.37 bits per heavy atom. The molecule has 5 nitrogen and oxygen atoms in total. The molecule has 1 heterocycles. The van der Waals surface area contributed by atoms with Crippen LogP contribution in [0.3, 0.4) is 0 Å². The van der Waals surface area contributed by atoms with Crippen LogP contribution in [0.2, 0.25) is 0 Å². The summed E-state index contributed by atoms with van der Waals surface area (Å²) in [6, 6.07) is 2.41. The van der Waals surface area contributed by atoms with Gasteiger partial charge in [-0.15, -0.1) is 0 Å². The summed E-state index contributed by atoms with van der Waals surface area (Å²) in [5, 5.41) is 9.67. The van der Waals surface area contributed by atoms with E-state index in [0.717, 1.165) is 0 Å². The minimum atomic E-state index is -2.68. The number of halogens is 2. The molecule has 1 N–H and O–H groups in total. The molecular weight excluding hydrogens is 262 g/mol. The number of rotatable bonds is 3. The average Bonchev–Trinajstić information content (AvgIpc) is 2.27. The fourth-order valence-electron chi connectivity index (χ4n) is 1.66. The second-order valence-electron chi connectivity index (χ2n) is 4.38. The maximum atomic E-state index is 12.1. The van der Waals surface area contributed by atoms with Gasteiger partial charge in [0.1, 0.15) is 17.9 Å². The molecule has 1 aliphatic heterocycles. The van der Waals surface area contributed by atoms with Gasteiger partial charge in [-0.25, -0.2) is 13.6 Å². The Morgan fingerprint density at radius 2 is 2.05 bits per heavy atom. The minimum absolute atomic E-state index is 0.117. The lowest BCUT2D eigenvalue weighted by Gasteiger charge is -2.32. The molecule has 1 aromatic carbocycles. The summed E-state index contributed by atoms with van der Waals surface area (Å²) in [5.74, 6) is -2.58. The molecule has 0 radical (unpaired) electrons. The van der Waals surface area contributed by atoms with Crippen LogP contribution in [0.15, 0.2) is 12.1 Å². The molecule has 19 heavy (non-hydrogen) atoms. The third-order valence-corrected chi connectivity index (χ3v) is 2.35. The van der Waals surface area contributed by atoms with Crippen molar-refractivity contribution in [1.29, 1.82) is 0 Å². The molecule has 0 aliphatic carbocycles. The first kappa shape index (κ1) is 13.4. The molecule has 1 aliphatic rings. The molecule has 0 spiro atoms. The maximum Gasteiger partial charge on any atom is 0.349 e. The highest BCUT2D eigenvalue weighted by Crippen LogP contribution is 2.43. The molecule has 0 bridgehead atoms. The number of benzene rings is 1. The Balaban J connectivity index is 2.42. The molecule has 1 aromatic rings. The van der Waals surface area contributed by atoms with E-state index in [1.807, 2.05) is 0 Å². The molecule has 0 saturated heterocycles. The van der Waals surface area contributed by atoms with E-state index in [9.17, 15) is 18.7 Å². The summed E-state index contributed by atoms with van der Waals surface area (Å²) in [5.41, 5.74) is -0.194. The van der Waals surface area contributed by atoms with Crippen LogP contribution in [0.1, 0.15) is 24.2 Å². The maximum absolute atomic E-state index is 12.1. The minimum Gasteiger partial charge on any atom is -0.504 e. The molecule has 0 amide bonds. The average molecular weight is 274 g/mol. The highest BCUT2D eigenvalue weighted by molar-refractivity contribution is 5.97. The van der Waals surface area contributed by atoms with Gasteiger partial charge in [-0.3, -0.25) is 0 Å². The Labute approximate surface area is 107 Å². The van der Waals surface area contributed by atoms with Crippen LogP contribution in [0.4, 0.5) is 8.78 Å². The quantitative estimate of drug-likeness (QED) is 0.857. The first-order chi connectivity index (χ1) is 8.80. The second-order valence-corrected chi connectivity index (χ2v) is 4.38. The van der Waals surface area contributed by atoms with Gasteiger partial charge < -0.3 is 19.3 Å². The van der Waals surface area contributed by atoms with E-state index in [0.29, 0.717) is 0 Å². The van der Waals surface area contributed by atoms with Crippen LogP contribution >= 0.6 is 0 Å². The first-order valence-corrected chi connectivity index (χ1v) is 5.49. The van der Waals surface area contributed by atoms with Crippen LogP contribution in [0, 0.1) is 0 Å². The van der Waals surface area contributed by atoms with E-state index < -0.39 is 24.8 Å². The van der Waals surface area contributed by atoms with Gasteiger partial charge in [0, 0.05) is 13.8 Å². The van der Waals surface area contributed by atoms with Gasteiger partial charge in [-0.05, 0) is 12.1 Å². The Bertz CT molecular complexity index is 513. The molecule has 0 unspecified atom stereocenters. The van der Waals surface area contributed by atoms with Gasteiger partial charge in [-0.1, -0.05) is 0 Å². The monoisotopic (exact) mass is 274 g/mol. The highest BCUT2D eigenvalue weighted by Gasteiger charge is 2.38. The number of hydrogen-bond donors (Lipinski definition) is 1. The van der Waals surface area contributed by atoms with Crippen molar-refractivity contribution in [3.63, 3.8) is 0 Å². The van der Waals surface area contributed by atoms with E-state index in [1.54, 1.807) is 0 Å². The number of cyclic esters (lactones) is 1. The zero-order chi connectivity index (χ0) is 14.2. The van der Waals surface area contributed by atoms with E-state index >= 15 is 0 Å². The second kappa shape index (κ2) is 4.56. The van der Waals surface area contributed by atoms with Crippen molar-refractivity contribution in [2.75, 3.05) is 6.61 Å². The molecule has 0 fully saturated rings. The first-order valence-electron chi connectivity index (χ1n) is 5.49. The molecule has 104 valence electrons. The predicted octanol–water partition coefficient (Wildman–Crippen LogP) is 2.32. The fraction of sp³-hybridized carbons (Fsp3) is 0.417. The standard InChI is InChI=1S/C12H12F2O5/c1-12(2)18-10-6(15)3-4-7(17-5-8(13)14)9(10)11(16)19-12/h3-4,8,15H,5H2,1-2H3. The molecule has 0 saturated carbocycles. The molecular formula is C12H12F2O5. The van der Waals surface area contributed by atoms with Crippen LogP contribution in [0.5, 0.6) is 17.2 Å². The molecule has 7 heteroatoms. The van der Waals surface area contributed by atoms with Crippen molar-refractivity contribution in [3.05, 3.63) is 17.7 Å². The number of ether oxygens (including phenoxy) is 3. The van der Waals surface area contributed by atoms with E-state index in [2.05, 4.69) is 0 Å². The third kappa shape index (κ3) is 2.69. The van der Waals surface area contributed by atoms with Gasteiger partial charge in [0.25, 0.3) is 6.43 Å². The van der Waals surface area contributed by atoms with Crippen LogP contribution in [-0.4, -0.2) is 29.9 Å². The van der Waals surface area contributed by atoms with Crippen molar-refractivity contribution < 1.29 is 32.9 Å². The third-order valence-electron chi connectivity index (χ3n) is 2.35. The van der Waals surface area contributed by atoms with Crippen molar-refractivity contribution in [2.45, 2.75) is 26.1 Å². The number of hydrogen-bond acceptors (Lipinski definition) is 5. The van der Waals surface area contributed by atoms with Crippen LogP contribution < -0.4 is 9.47 Å². The number of carbonyl (C=O) groups is 1. The van der Waals surface area contributed by atoms with Gasteiger partial charge in [0.2, 0.25) is 5.79 Å². The largest absolute Gasteiger partial charge is 0.504 e. The number of esters is 1. The van der Waals surface area contributed by atoms with Crippen molar-refractivity contribution >= 4 is 5.97 Å². The van der Waals surface area contributed by atoms with Gasteiger partial charge >= 0.3 is 5.97 Å². The molecule has 0 atom stereocenters. The van der Waals surface area contributed by atoms with Crippen molar-refractivity contribution in [2.24, 2.45) is 0 Å². The Morgan fingerprint density at radius 3 is 2.68 bits per heavy atom. The number of aromatic hydroxyl groups is 1. The number of fused-ring (bicyclic) bond motifs is 1. The summed E-state index contributed by atoms with van der Waals surface area (Å²) >= 11 is 0. The summed E-state index contributed by atoms with van der Waals surface area (Å²) < 4.78 is 39.3. The lowest BCUT2D eigenvalue weighted by Crippen LogP contribution is -2.39. The predicted molar refractivity (Wildman–Crippen MR) is 59.7 cm³/mol. The topological polar surface area (TPSA) is 65.0 Å². The van der Waals surface area contributed by atoms with E-state index in [-0.39, 0.29) is 22.8 Å². The van der Waals surface area contributed by atoms with Crippen molar-refractivity contribution in [3.8, 4) is 17.2 Å². The molecule has 2 rings (SSSR count). The smallest absolute Gasteiger partial charge is 0.349 e. The Hall–Kier alpha value is -2.05. The van der Waals surface area contributed by atoms with Gasteiger partial charge in [0.05, 0.1) is 0 Å². The summed E-state index contributed by atoms with van der Waals surface area (Å²) in [4.78, 5) is 11.8.